The lowest BCUT2D eigenvalue weighted by atomic mass is 9.89. The second kappa shape index (κ2) is 8.20. The molecule has 0 saturated carbocycles. The highest BCUT2D eigenvalue weighted by Gasteiger charge is 2.24. The van der Waals surface area contributed by atoms with E-state index in [2.05, 4.69) is 0 Å². The third-order valence-corrected chi connectivity index (χ3v) is 5.06. The van der Waals surface area contributed by atoms with Crippen LogP contribution in [-0.2, 0) is 6.42 Å². The molecule has 1 aliphatic rings. The zero-order valence-corrected chi connectivity index (χ0v) is 15.3. The molecule has 0 bridgehead atoms. The predicted molar refractivity (Wildman–Crippen MR) is 100 cm³/mol. The number of benzene rings is 2. The highest BCUT2D eigenvalue weighted by Crippen LogP contribution is 2.24. The number of piperidine rings is 1. The first kappa shape index (κ1) is 18.9. The lowest BCUT2D eigenvalue weighted by Gasteiger charge is -2.32. The van der Waals surface area contributed by atoms with Gasteiger partial charge in [0.25, 0.3) is 5.91 Å². The van der Waals surface area contributed by atoms with E-state index in [1.54, 1.807) is 23.1 Å². The Morgan fingerprint density at radius 2 is 1.74 bits per heavy atom. The van der Waals surface area contributed by atoms with Crippen molar-refractivity contribution >= 4 is 11.8 Å². The quantitative estimate of drug-likeness (QED) is 0.879. The topological polar surface area (TPSA) is 72.6 Å². The third kappa shape index (κ3) is 4.45. The first-order chi connectivity index (χ1) is 13.0. The second-order valence-electron chi connectivity index (χ2n) is 6.85. The summed E-state index contributed by atoms with van der Waals surface area (Å²) in [5.74, 6) is -0.504. The minimum absolute atomic E-state index is 0.132. The van der Waals surface area contributed by atoms with Gasteiger partial charge in [0, 0.05) is 24.2 Å². The molecule has 0 aromatic heterocycles. The zero-order chi connectivity index (χ0) is 19.4. The van der Waals surface area contributed by atoms with E-state index in [4.69, 9.17) is 10.5 Å². The summed E-state index contributed by atoms with van der Waals surface area (Å²) in [7, 11) is 1.39. The smallest absolute Gasteiger partial charge is 0.253 e. The maximum atomic E-state index is 13.8. The standard InChI is InChI=1S/C21H23FN2O3/c1-27-19-7-6-17(13-18(19)22)21(26)24-10-8-15(9-11-24)12-14-2-4-16(5-3-14)20(23)25/h2-7,13,15H,8-12H2,1H3,(H2,23,25). The average molecular weight is 370 g/mol. The van der Waals surface area contributed by atoms with Gasteiger partial charge in [-0.05, 0) is 61.1 Å². The van der Waals surface area contributed by atoms with Crippen LogP contribution in [0.25, 0.3) is 0 Å². The number of halogens is 1. The van der Waals surface area contributed by atoms with E-state index in [0.717, 1.165) is 24.8 Å². The van der Waals surface area contributed by atoms with Gasteiger partial charge in [-0.2, -0.15) is 0 Å². The van der Waals surface area contributed by atoms with E-state index in [0.29, 0.717) is 30.1 Å². The predicted octanol–water partition coefficient (Wildman–Crippen LogP) is 3.03. The molecule has 2 aromatic carbocycles. The fourth-order valence-corrected chi connectivity index (χ4v) is 3.46. The molecular weight excluding hydrogens is 347 g/mol. The molecule has 0 unspecified atom stereocenters. The molecule has 1 saturated heterocycles. The second-order valence-corrected chi connectivity index (χ2v) is 6.85. The van der Waals surface area contributed by atoms with Crippen molar-refractivity contribution in [2.75, 3.05) is 20.2 Å². The summed E-state index contributed by atoms with van der Waals surface area (Å²) in [6.45, 7) is 1.30. The van der Waals surface area contributed by atoms with Crippen molar-refractivity contribution in [3.63, 3.8) is 0 Å². The molecule has 142 valence electrons. The summed E-state index contributed by atoms with van der Waals surface area (Å²) >= 11 is 0. The number of ether oxygens (including phenoxy) is 1. The molecule has 2 aromatic rings. The molecular formula is C21H23FN2O3. The first-order valence-corrected chi connectivity index (χ1v) is 8.99. The molecule has 2 N–H and O–H groups in total. The number of primary amides is 1. The summed E-state index contributed by atoms with van der Waals surface area (Å²) in [4.78, 5) is 25.5. The van der Waals surface area contributed by atoms with E-state index in [1.807, 2.05) is 12.1 Å². The van der Waals surface area contributed by atoms with Crippen LogP contribution in [0.1, 0.15) is 39.1 Å². The fourth-order valence-electron chi connectivity index (χ4n) is 3.46. The van der Waals surface area contributed by atoms with Gasteiger partial charge in [-0.25, -0.2) is 4.39 Å². The molecule has 0 atom stereocenters. The largest absolute Gasteiger partial charge is 0.494 e. The molecule has 0 radical (unpaired) electrons. The highest BCUT2D eigenvalue weighted by atomic mass is 19.1. The Morgan fingerprint density at radius 3 is 2.30 bits per heavy atom. The van der Waals surface area contributed by atoms with Gasteiger partial charge in [-0.3, -0.25) is 9.59 Å². The van der Waals surface area contributed by atoms with Crippen molar-refractivity contribution in [2.24, 2.45) is 11.7 Å². The number of hydrogen-bond donors (Lipinski definition) is 1. The lowest BCUT2D eigenvalue weighted by molar-refractivity contribution is 0.0690. The number of nitrogens with zero attached hydrogens (tertiary/aromatic N) is 1. The normalized spacial score (nSPS) is 14.8. The van der Waals surface area contributed by atoms with Crippen molar-refractivity contribution in [2.45, 2.75) is 19.3 Å². The van der Waals surface area contributed by atoms with Crippen LogP contribution in [0.3, 0.4) is 0 Å². The Hall–Kier alpha value is -2.89. The molecule has 3 rings (SSSR count). The Morgan fingerprint density at radius 1 is 1.11 bits per heavy atom. The van der Waals surface area contributed by atoms with Gasteiger partial charge in [0.15, 0.2) is 11.6 Å². The minimum Gasteiger partial charge on any atom is -0.494 e. The Labute approximate surface area is 157 Å². The SMILES string of the molecule is COc1ccc(C(=O)N2CCC(Cc3ccc(C(N)=O)cc3)CC2)cc1F. The van der Waals surface area contributed by atoms with Gasteiger partial charge >= 0.3 is 0 Å². The molecule has 1 heterocycles. The zero-order valence-electron chi connectivity index (χ0n) is 15.3. The van der Waals surface area contributed by atoms with Crippen LogP contribution >= 0.6 is 0 Å². The number of methoxy groups -OCH3 is 1. The Balaban J connectivity index is 1.56. The highest BCUT2D eigenvalue weighted by molar-refractivity contribution is 5.94. The summed E-state index contributed by atoms with van der Waals surface area (Å²) in [5.41, 5.74) is 7.26. The maximum absolute atomic E-state index is 13.8. The van der Waals surface area contributed by atoms with Gasteiger partial charge in [-0.15, -0.1) is 0 Å². The molecule has 0 spiro atoms. The van der Waals surface area contributed by atoms with Gasteiger partial charge in [0.1, 0.15) is 0 Å². The maximum Gasteiger partial charge on any atom is 0.253 e. The van der Waals surface area contributed by atoms with Crippen molar-refractivity contribution < 1.29 is 18.7 Å². The molecule has 2 amide bonds. The monoisotopic (exact) mass is 370 g/mol. The van der Waals surface area contributed by atoms with Crippen LogP contribution in [0.2, 0.25) is 0 Å². The fraction of sp³-hybridized carbons (Fsp3) is 0.333. The van der Waals surface area contributed by atoms with Crippen LogP contribution in [0, 0.1) is 11.7 Å². The van der Waals surface area contributed by atoms with Gasteiger partial charge in [0.2, 0.25) is 5.91 Å². The Kier molecular flexibility index (Phi) is 5.74. The first-order valence-electron chi connectivity index (χ1n) is 8.99. The number of rotatable bonds is 5. The van der Waals surface area contributed by atoms with Gasteiger partial charge in [-0.1, -0.05) is 12.1 Å². The van der Waals surface area contributed by atoms with Gasteiger partial charge < -0.3 is 15.4 Å². The van der Waals surface area contributed by atoms with Crippen molar-refractivity contribution in [3.8, 4) is 5.75 Å². The minimum atomic E-state index is -0.530. The van der Waals surface area contributed by atoms with E-state index in [9.17, 15) is 14.0 Å². The van der Waals surface area contributed by atoms with Crippen LogP contribution in [0.4, 0.5) is 4.39 Å². The average Bonchev–Trinajstić information content (AvgIpc) is 2.68. The molecule has 5 nitrogen and oxygen atoms in total. The summed E-state index contributed by atoms with van der Waals surface area (Å²) in [6.07, 6.45) is 2.68. The molecule has 27 heavy (non-hydrogen) atoms. The number of likely N-dealkylation sites (tertiary alicyclic amines) is 1. The molecule has 6 heteroatoms. The summed E-state index contributed by atoms with van der Waals surface area (Å²) in [6, 6.07) is 11.6. The van der Waals surface area contributed by atoms with E-state index >= 15 is 0 Å². The molecule has 1 aliphatic heterocycles. The summed E-state index contributed by atoms with van der Waals surface area (Å²) < 4.78 is 18.7. The number of hydrogen-bond acceptors (Lipinski definition) is 3. The summed E-state index contributed by atoms with van der Waals surface area (Å²) in [5, 5.41) is 0. The number of carbonyl (C=O) groups is 2. The molecule has 1 fully saturated rings. The van der Waals surface area contributed by atoms with E-state index in [-0.39, 0.29) is 11.7 Å². The van der Waals surface area contributed by atoms with E-state index in [1.165, 1.54) is 19.2 Å². The molecule has 0 aliphatic carbocycles. The third-order valence-electron chi connectivity index (χ3n) is 5.06. The number of carbonyl (C=O) groups excluding carboxylic acids is 2. The van der Waals surface area contributed by atoms with Crippen LogP contribution in [0.5, 0.6) is 5.75 Å². The van der Waals surface area contributed by atoms with Crippen LogP contribution in [-0.4, -0.2) is 36.9 Å². The number of amides is 2. The van der Waals surface area contributed by atoms with Crippen LogP contribution in [0.15, 0.2) is 42.5 Å². The number of nitrogens with two attached hydrogens (primary N) is 1. The Bertz CT molecular complexity index is 828. The van der Waals surface area contributed by atoms with Crippen molar-refractivity contribution in [1.29, 1.82) is 0 Å². The lowest BCUT2D eigenvalue weighted by Crippen LogP contribution is -2.39. The van der Waals surface area contributed by atoms with E-state index < -0.39 is 11.7 Å². The van der Waals surface area contributed by atoms with Crippen molar-refractivity contribution in [3.05, 3.63) is 65.0 Å². The van der Waals surface area contributed by atoms with Crippen molar-refractivity contribution in [1.82, 2.24) is 4.90 Å². The van der Waals surface area contributed by atoms with Crippen LogP contribution < -0.4 is 10.5 Å². The van der Waals surface area contributed by atoms with Gasteiger partial charge in [0.05, 0.1) is 7.11 Å².